The third-order valence-electron chi connectivity index (χ3n) is 2.68. The Morgan fingerprint density at radius 2 is 2.17 bits per heavy atom. The third-order valence-corrected chi connectivity index (χ3v) is 2.68. The van der Waals surface area contributed by atoms with Gasteiger partial charge < -0.3 is 9.47 Å². The van der Waals surface area contributed by atoms with Crippen LogP contribution in [-0.4, -0.2) is 24.8 Å². The van der Waals surface area contributed by atoms with Gasteiger partial charge in [-0.05, 0) is 6.92 Å². The highest BCUT2D eigenvalue weighted by atomic mass is 16.6. The second-order valence-corrected chi connectivity index (χ2v) is 3.89. The molecule has 0 amide bonds. The van der Waals surface area contributed by atoms with Crippen LogP contribution in [-0.2, 0) is 14.3 Å². The molecule has 1 aliphatic heterocycles. The summed E-state index contributed by atoms with van der Waals surface area (Å²) >= 11 is 0. The fraction of sp³-hybridized carbons (Fsp3) is 0.889. The normalized spacial score (nSPS) is 32.3. The number of ether oxygens (including phenoxy) is 2. The summed E-state index contributed by atoms with van der Waals surface area (Å²) < 4.78 is 10.3. The van der Waals surface area contributed by atoms with Crippen LogP contribution in [0.25, 0.3) is 0 Å². The van der Waals surface area contributed by atoms with E-state index in [0.29, 0.717) is 6.61 Å². The van der Waals surface area contributed by atoms with Crippen molar-refractivity contribution in [3.63, 3.8) is 0 Å². The Bertz CT molecular complexity index is 186. The van der Waals surface area contributed by atoms with Crippen LogP contribution in [0.2, 0.25) is 0 Å². The third kappa shape index (κ3) is 1.61. The molecule has 2 atom stereocenters. The van der Waals surface area contributed by atoms with Crippen LogP contribution in [0.1, 0.15) is 27.7 Å². The first-order valence-corrected chi connectivity index (χ1v) is 4.23. The Morgan fingerprint density at radius 3 is 2.50 bits per heavy atom. The average molecular weight is 172 g/mol. The maximum Gasteiger partial charge on any atom is 0.302 e. The fourth-order valence-corrected chi connectivity index (χ4v) is 1.23. The summed E-state index contributed by atoms with van der Waals surface area (Å²) in [6.45, 7) is 8.07. The van der Waals surface area contributed by atoms with Crippen molar-refractivity contribution in [3.8, 4) is 0 Å². The Morgan fingerprint density at radius 1 is 1.58 bits per heavy atom. The van der Waals surface area contributed by atoms with Crippen molar-refractivity contribution in [2.75, 3.05) is 6.61 Å². The Balaban J connectivity index is 2.32. The minimum absolute atomic E-state index is 0.0661. The van der Waals surface area contributed by atoms with Gasteiger partial charge in [0.05, 0.1) is 12.2 Å². The van der Waals surface area contributed by atoms with Crippen LogP contribution in [0, 0.1) is 5.41 Å². The number of hydrogen-bond acceptors (Lipinski definition) is 3. The zero-order chi connectivity index (χ0) is 9.35. The van der Waals surface area contributed by atoms with Crippen LogP contribution in [0.15, 0.2) is 0 Å². The molecule has 1 heterocycles. The number of esters is 1. The molecule has 1 rings (SSSR count). The Kier molecular flexibility index (Phi) is 2.42. The van der Waals surface area contributed by atoms with Crippen molar-refractivity contribution in [1.29, 1.82) is 0 Å². The van der Waals surface area contributed by atoms with E-state index in [0.717, 1.165) is 0 Å². The lowest BCUT2D eigenvalue weighted by Crippen LogP contribution is -2.56. The highest BCUT2D eigenvalue weighted by Crippen LogP contribution is 2.40. The lowest BCUT2D eigenvalue weighted by atomic mass is 9.76. The van der Waals surface area contributed by atoms with Crippen molar-refractivity contribution >= 4 is 5.97 Å². The van der Waals surface area contributed by atoms with Crippen molar-refractivity contribution in [1.82, 2.24) is 0 Å². The molecule has 70 valence electrons. The molecule has 0 unspecified atom stereocenters. The van der Waals surface area contributed by atoms with Gasteiger partial charge in [-0.2, -0.15) is 0 Å². The molecule has 1 saturated heterocycles. The van der Waals surface area contributed by atoms with Gasteiger partial charge in [0, 0.05) is 12.3 Å². The molecule has 1 aliphatic rings. The Hall–Kier alpha value is -0.570. The summed E-state index contributed by atoms with van der Waals surface area (Å²) in [4.78, 5) is 10.5. The highest BCUT2D eigenvalue weighted by molar-refractivity contribution is 5.65. The molecule has 0 spiro atoms. The number of carbonyl (C=O) groups excluding carboxylic acids is 1. The molecule has 0 aromatic carbocycles. The summed E-state index contributed by atoms with van der Waals surface area (Å²) in [6.07, 6.45) is 0.328. The molecule has 3 nitrogen and oxygen atoms in total. The quantitative estimate of drug-likeness (QED) is 0.590. The fourth-order valence-electron chi connectivity index (χ4n) is 1.23. The number of rotatable bonds is 2. The van der Waals surface area contributed by atoms with E-state index in [-0.39, 0.29) is 23.6 Å². The summed E-state index contributed by atoms with van der Waals surface area (Å²) in [5.74, 6) is -0.242. The van der Waals surface area contributed by atoms with Crippen molar-refractivity contribution < 1.29 is 14.3 Å². The second kappa shape index (κ2) is 3.05. The molecule has 0 N–H and O–H groups in total. The monoisotopic (exact) mass is 172 g/mol. The van der Waals surface area contributed by atoms with Gasteiger partial charge in [0.1, 0.15) is 6.61 Å². The molecular weight excluding hydrogens is 156 g/mol. The van der Waals surface area contributed by atoms with E-state index >= 15 is 0 Å². The van der Waals surface area contributed by atoms with E-state index in [1.54, 1.807) is 0 Å². The summed E-state index contributed by atoms with van der Waals surface area (Å²) in [5.41, 5.74) is 0.134. The smallest absolute Gasteiger partial charge is 0.302 e. The molecule has 3 heteroatoms. The van der Waals surface area contributed by atoms with E-state index in [9.17, 15) is 4.79 Å². The van der Waals surface area contributed by atoms with Gasteiger partial charge in [0.15, 0.2) is 0 Å². The van der Waals surface area contributed by atoms with Crippen LogP contribution in [0.3, 0.4) is 0 Å². The molecule has 0 bridgehead atoms. The van der Waals surface area contributed by atoms with Crippen molar-refractivity contribution in [2.24, 2.45) is 5.41 Å². The maximum atomic E-state index is 10.5. The zero-order valence-electron chi connectivity index (χ0n) is 8.09. The SMILES string of the molecule is CC(=O)OC[C@@H]1O[C@H](C)C1(C)C. The minimum atomic E-state index is -0.242. The first-order valence-electron chi connectivity index (χ1n) is 4.23. The molecule has 0 aromatic heterocycles. The molecule has 12 heavy (non-hydrogen) atoms. The topological polar surface area (TPSA) is 35.5 Å². The highest BCUT2D eigenvalue weighted by Gasteiger charge is 2.47. The number of carbonyl (C=O) groups is 1. The van der Waals surface area contributed by atoms with Gasteiger partial charge in [-0.3, -0.25) is 4.79 Å². The molecule has 0 saturated carbocycles. The largest absolute Gasteiger partial charge is 0.463 e. The molecular formula is C9H16O3. The van der Waals surface area contributed by atoms with Gasteiger partial charge in [0.25, 0.3) is 0 Å². The Labute approximate surface area is 73.0 Å². The minimum Gasteiger partial charge on any atom is -0.463 e. The van der Waals surface area contributed by atoms with Crippen molar-refractivity contribution in [3.05, 3.63) is 0 Å². The molecule has 0 aromatic rings. The number of hydrogen-bond donors (Lipinski definition) is 0. The van der Waals surface area contributed by atoms with Crippen LogP contribution < -0.4 is 0 Å². The molecule has 0 aliphatic carbocycles. The lowest BCUT2D eigenvalue weighted by molar-refractivity contribution is -0.241. The molecule has 1 fully saturated rings. The van der Waals surface area contributed by atoms with Crippen LogP contribution in [0.4, 0.5) is 0 Å². The van der Waals surface area contributed by atoms with Crippen LogP contribution in [0.5, 0.6) is 0 Å². The van der Waals surface area contributed by atoms with Gasteiger partial charge in [-0.25, -0.2) is 0 Å². The predicted molar refractivity (Wildman–Crippen MR) is 44.7 cm³/mol. The van der Waals surface area contributed by atoms with E-state index < -0.39 is 0 Å². The molecule has 0 radical (unpaired) electrons. The zero-order valence-corrected chi connectivity index (χ0v) is 8.09. The summed E-state index contributed by atoms with van der Waals surface area (Å²) in [7, 11) is 0. The predicted octanol–water partition coefficient (Wildman–Crippen LogP) is 1.36. The lowest BCUT2D eigenvalue weighted by Gasteiger charge is -2.49. The summed E-state index contributed by atoms with van der Waals surface area (Å²) in [6, 6.07) is 0. The van der Waals surface area contributed by atoms with Gasteiger partial charge in [0.2, 0.25) is 0 Å². The van der Waals surface area contributed by atoms with E-state index in [1.807, 2.05) is 6.92 Å². The van der Waals surface area contributed by atoms with Gasteiger partial charge in [-0.15, -0.1) is 0 Å². The summed E-state index contributed by atoms with van der Waals surface area (Å²) in [5, 5.41) is 0. The van der Waals surface area contributed by atoms with E-state index in [2.05, 4.69) is 13.8 Å². The van der Waals surface area contributed by atoms with Gasteiger partial charge in [-0.1, -0.05) is 13.8 Å². The van der Waals surface area contributed by atoms with Crippen molar-refractivity contribution in [2.45, 2.75) is 39.9 Å². The van der Waals surface area contributed by atoms with Crippen LogP contribution >= 0.6 is 0 Å². The average Bonchev–Trinajstić information content (AvgIpc) is 1.97. The van der Waals surface area contributed by atoms with Gasteiger partial charge >= 0.3 is 5.97 Å². The standard InChI is InChI=1S/C9H16O3/c1-6-9(3,4)8(12-6)5-11-7(2)10/h6,8H,5H2,1-4H3/t6-,8+/m1/s1. The maximum absolute atomic E-state index is 10.5. The first-order chi connectivity index (χ1) is 5.44. The van der Waals surface area contributed by atoms with E-state index in [1.165, 1.54) is 6.92 Å². The second-order valence-electron chi connectivity index (χ2n) is 3.89. The van der Waals surface area contributed by atoms with E-state index in [4.69, 9.17) is 9.47 Å². The first kappa shape index (κ1) is 9.52.